The monoisotopic (exact) mass is 305 g/mol. The highest BCUT2D eigenvalue weighted by atomic mass is 32.2. The van der Waals surface area contributed by atoms with Gasteiger partial charge < -0.3 is 5.73 Å². The number of hydrogen-bond acceptors (Lipinski definition) is 5. The third-order valence-electron chi connectivity index (χ3n) is 2.62. The van der Waals surface area contributed by atoms with Crippen molar-refractivity contribution in [1.29, 1.82) is 0 Å². The molecule has 0 saturated heterocycles. The topological polar surface area (TPSA) is 103 Å². The van der Waals surface area contributed by atoms with E-state index in [0.717, 1.165) is 0 Å². The summed E-state index contributed by atoms with van der Waals surface area (Å²) in [5.74, 6) is 5.40. The number of hydrogen-bond donors (Lipinski definition) is 2. The van der Waals surface area contributed by atoms with Crippen LogP contribution in [0, 0.1) is 18.8 Å². The number of pyridine rings is 1. The minimum Gasteiger partial charge on any atom is -0.320 e. The van der Waals surface area contributed by atoms with Gasteiger partial charge in [0.15, 0.2) is 0 Å². The summed E-state index contributed by atoms with van der Waals surface area (Å²) in [6.07, 6.45) is 4.34. The summed E-state index contributed by atoms with van der Waals surface area (Å²) in [5.41, 5.74) is 6.80. The summed E-state index contributed by atoms with van der Waals surface area (Å²) in [6, 6.07) is 1.45. The van der Waals surface area contributed by atoms with Crippen molar-refractivity contribution < 1.29 is 8.42 Å². The average Bonchev–Trinajstić information content (AvgIpc) is 2.74. The molecule has 0 fully saturated rings. The van der Waals surface area contributed by atoms with Crippen molar-refractivity contribution in [2.45, 2.75) is 11.8 Å². The van der Waals surface area contributed by atoms with Gasteiger partial charge in [0.1, 0.15) is 4.90 Å². The first-order valence-electron chi connectivity index (χ1n) is 6.09. The molecule has 0 unspecified atom stereocenters. The Morgan fingerprint density at radius 3 is 2.81 bits per heavy atom. The second kappa shape index (κ2) is 5.95. The van der Waals surface area contributed by atoms with Gasteiger partial charge in [-0.2, -0.15) is 5.10 Å². The molecule has 7 nitrogen and oxygen atoms in total. The van der Waals surface area contributed by atoms with E-state index >= 15 is 0 Å². The highest BCUT2D eigenvalue weighted by molar-refractivity contribution is 7.92. The number of aromatic nitrogens is 3. The lowest BCUT2D eigenvalue weighted by molar-refractivity contribution is 0.600. The molecule has 2 heterocycles. The molecule has 0 radical (unpaired) electrons. The maximum Gasteiger partial charge on any atom is 0.263 e. The van der Waals surface area contributed by atoms with E-state index in [1.165, 1.54) is 23.1 Å². The maximum atomic E-state index is 12.3. The predicted octanol–water partition coefficient (Wildman–Crippen LogP) is 0.235. The van der Waals surface area contributed by atoms with Crippen LogP contribution in [0.5, 0.6) is 0 Å². The Morgan fingerprint density at radius 2 is 2.19 bits per heavy atom. The summed E-state index contributed by atoms with van der Waals surface area (Å²) < 4.78 is 28.7. The van der Waals surface area contributed by atoms with Gasteiger partial charge in [0.2, 0.25) is 0 Å². The van der Waals surface area contributed by atoms with E-state index in [0.29, 0.717) is 16.9 Å². The molecule has 0 saturated carbocycles. The predicted molar refractivity (Wildman–Crippen MR) is 78.9 cm³/mol. The molecule has 110 valence electrons. The molecule has 0 spiro atoms. The lowest BCUT2D eigenvalue weighted by Crippen LogP contribution is -2.13. The van der Waals surface area contributed by atoms with Crippen LogP contribution >= 0.6 is 0 Å². The van der Waals surface area contributed by atoms with E-state index in [4.69, 9.17) is 5.73 Å². The third-order valence-corrected chi connectivity index (χ3v) is 3.95. The Kier molecular flexibility index (Phi) is 4.26. The summed E-state index contributed by atoms with van der Waals surface area (Å²) in [5, 5.41) is 4.08. The molecule has 0 bridgehead atoms. The lowest BCUT2D eigenvalue weighted by atomic mass is 10.3. The molecule has 8 heteroatoms. The Bertz CT molecular complexity index is 815. The number of nitrogens with zero attached hydrogens (tertiary/aromatic N) is 3. The van der Waals surface area contributed by atoms with Crippen molar-refractivity contribution >= 4 is 15.7 Å². The highest BCUT2D eigenvalue weighted by Crippen LogP contribution is 2.18. The quantitative estimate of drug-likeness (QED) is 0.790. The van der Waals surface area contributed by atoms with Crippen LogP contribution in [-0.2, 0) is 17.1 Å². The van der Waals surface area contributed by atoms with E-state index in [2.05, 4.69) is 26.6 Å². The zero-order valence-corrected chi connectivity index (χ0v) is 12.5. The zero-order valence-electron chi connectivity index (χ0n) is 11.7. The molecule has 2 rings (SSSR count). The highest BCUT2D eigenvalue weighted by Gasteiger charge is 2.17. The smallest absolute Gasteiger partial charge is 0.263 e. The molecule has 0 aliphatic rings. The third kappa shape index (κ3) is 3.59. The van der Waals surface area contributed by atoms with E-state index in [-0.39, 0.29) is 11.4 Å². The summed E-state index contributed by atoms with van der Waals surface area (Å²) >= 11 is 0. The van der Waals surface area contributed by atoms with Gasteiger partial charge in [-0.1, -0.05) is 11.8 Å². The minimum absolute atomic E-state index is 0.0366. The van der Waals surface area contributed by atoms with Crippen molar-refractivity contribution in [2.24, 2.45) is 12.8 Å². The summed E-state index contributed by atoms with van der Waals surface area (Å²) in [7, 11) is -2.02. The molecule has 0 aromatic carbocycles. The Labute approximate surface area is 123 Å². The molecule has 3 N–H and O–H groups in total. The number of rotatable bonds is 3. The average molecular weight is 305 g/mol. The van der Waals surface area contributed by atoms with Crippen LogP contribution in [0.4, 0.5) is 5.69 Å². The summed E-state index contributed by atoms with van der Waals surface area (Å²) in [6.45, 7) is 1.92. The Hall–Kier alpha value is -2.37. The van der Waals surface area contributed by atoms with Crippen LogP contribution < -0.4 is 10.5 Å². The van der Waals surface area contributed by atoms with E-state index in [1.54, 1.807) is 20.2 Å². The molecule has 2 aromatic rings. The SMILES string of the molecule is Cc1nn(C)cc1NS(=O)(=O)c1cncc(C#CCN)c1. The van der Waals surface area contributed by atoms with Crippen molar-refractivity contribution in [3.63, 3.8) is 0 Å². The molecule has 0 atom stereocenters. The number of anilines is 1. The first-order valence-corrected chi connectivity index (χ1v) is 7.58. The van der Waals surface area contributed by atoms with Crippen LogP contribution in [0.3, 0.4) is 0 Å². The standard InChI is InChI=1S/C13H15N5O2S/c1-10-13(9-18(2)16-10)17-21(19,20)12-6-11(4-3-5-14)7-15-8-12/h6-9,17H,5,14H2,1-2H3. The van der Waals surface area contributed by atoms with Gasteiger partial charge in [-0.15, -0.1) is 0 Å². The fraction of sp³-hybridized carbons (Fsp3) is 0.231. The van der Waals surface area contributed by atoms with Crippen molar-refractivity contribution in [1.82, 2.24) is 14.8 Å². The maximum absolute atomic E-state index is 12.3. The van der Waals surface area contributed by atoms with E-state index in [1.807, 2.05) is 0 Å². The Morgan fingerprint density at radius 1 is 1.43 bits per heavy atom. The van der Waals surface area contributed by atoms with Crippen LogP contribution in [0.15, 0.2) is 29.6 Å². The second-order valence-corrected chi connectivity index (χ2v) is 6.00. The largest absolute Gasteiger partial charge is 0.320 e. The number of aryl methyl sites for hydroxylation is 2. The Balaban J connectivity index is 2.33. The van der Waals surface area contributed by atoms with Gasteiger partial charge in [0.05, 0.1) is 17.9 Å². The fourth-order valence-electron chi connectivity index (χ4n) is 1.69. The van der Waals surface area contributed by atoms with Gasteiger partial charge in [-0.25, -0.2) is 8.42 Å². The minimum atomic E-state index is -3.73. The number of nitrogens with two attached hydrogens (primary N) is 1. The molecule has 21 heavy (non-hydrogen) atoms. The van der Waals surface area contributed by atoms with Crippen LogP contribution in [0.1, 0.15) is 11.3 Å². The zero-order chi connectivity index (χ0) is 15.5. The van der Waals surface area contributed by atoms with Gasteiger partial charge in [0.25, 0.3) is 10.0 Å². The van der Waals surface area contributed by atoms with Gasteiger partial charge in [0, 0.05) is 31.2 Å². The number of nitrogens with one attached hydrogen (secondary N) is 1. The van der Waals surface area contributed by atoms with Crippen molar-refractivity contribution in [3.05, 3.63) is 35.9 Å². The normalized spacial score (nSPS) is 10.8. The molecule has 0 aliphatic heterocycles. The van der Waals surface area contributed by atoms with E-state index in [9.17, 15) is 8.42 Å². The van der Waals surface area contributed by atoms with Crippen molar-refractivity contribution in [2.75, 3.05) is 11.3 Å². The van der Waals surface area contributed by atoms with E-state index < -0.39 is 10.0 Å². The van der Waals surface area contributed by atoms with Crippen LogP contribution in [0.25, 0.3) is 0 Å². The van der Waals surface area contributed by atoms with Crippen LogP contribution in [-0.4, -0.2) is 29.7 Å². The molecule has 0 aliphatic carbocycles. The van der Waals surface area contributed by atoms with Gasteiger partial charge >= 0.3 is 0 Å². The van der Waals surface area contributed by atoms with Crippen LogP contribution in [0.2, 0.25) is 0 Å². The fourth-order valence-corrected chi connectivity index (χ4v) is 2.78. The molecule has 0 amide bonds. The number of sulfonamides is 1. The van der Waals surface area contributed by atoms with Gasteiger partial charge in [-0.3, -0.25) is 14.4 Å². The molecular formula is C13H15N5O2S. The second-order valence-electron chi connectivity index (χ2n) is 4.32. The summed E-state index contributed by atoms with van der Waals surface area (Å²) in [4.78, 5) is 3.93. The lowest BCUT2D eigenvalue weighted by Gasteiger charge is -2.06. The first kappa shape index (κ1) is 15.0. The van der Waals surface area contributed by atoms with Gasteiger partial charge in [-0.05, 0) is 13.0 Å². The molecular weight excluding hydrogens is 290 g/mol. The molecule has 2 aromatic heterocycles. The first-order chi connectivity index (χ1) is 9.92. The van der Waals surface area contributed by atoms with Crippen molar-refractivity contribution in [3.8, 4) is 11.8 Å².